The molecule has 370 valence electrons. The molecule has 0 radical (unpaired) electrons. The van der Waals surface area contributed by atoms with Crippen LogP contribution >= 0.6 is 11.3 Å². The number of benzene rings is 9. The van der Waals surface area contributed by atoms with Crippen molar-refractivity contribution < 1.29 is 4.74 Å². The molecule has 0 bridgehead atoms. The number of nitrogens with zero attached hydrogens (tertiary/aromatic N) is 3. The summed E-state index contributed by atoms with van der Waals surface area (Å²) in [5, 5.41) is 4.85. The van der Waals surface area contributed by atoms with E-state index in [1.165, 1.54) is 91.9 Å². The number of aromatic nitrogens is 1. The number of para-hydroxylation sites is 1. The maximum Gasteiger partial charge on any atom is 0.256 e. The molecule has 0 saturated carbocycles. The van der Waals surface area contributed by atoms with E-state index in [0.29, 0.717) is 0 Å². The molecular formula is C69H64BN3OS. The van der Waals surface area contributed by atoms with Crippen LogP contribution in [-0.2, 0) is 23.3 Å². The van der Waals surface area contributed by atoms with Crippen LogP contribution in [0.15, 0.2) is 170 Å². The Morgan fingerprint density at radius 1 is 0.493 bits per heavy atom. The van der Waals surface area contributed by atoms with Crippen LogP contribution in [0.2, 0.25) is 0 Å². The lowest BCUT2D eigenvalue weighted by atomic mass is 9.34. The fraction of sp³-hybridized carbons (Fsp3) is 0.217. The molecule has 0 spiro atoms. The van der Waals surface area contributed by atoms with Crippen molar-refractivity contribution in [3.8, 4) is 22.6 Å². The monoisotopic (exact) mass is 993 g/mol. The average Bonchev–Trinajstić information content (AvgIpc) is 3.91. The Kier molecular flexibility index (Phi) is 10.5. The van der Waals surface area contributed by atoms with Crippen molar-refractivity contribution >= 4 is 111 Å². The maximum absolute atomic E-state index is 7.56. The third-order valence-corrected chi connectivity index (χ3v) is 17.3. The third-order valence-electron chi connectivity index (χ3n) is 16.2. The highest BCUT2D eigenvalue weighted by Crippen LogP contribution is 2.52. The van der Waals surface area contributed by atoms with Gasteiger partial charge in [-0.15, -0.1) is 11.3 Å². The highest BCUT2D eigenvalue weighted by atomic mass is 32.1. The average molecular weight is 994 g/mol. The van der Waals surface area contributed by atoms with Gasteiger partial charge in [0.05, 0.1) is 16.9 Å². The zero-order valence-electron chi connectivity index (χ0n) is 45.4. The van der Waals surface area contributed by atoms with Crippen molar-refractivity contribution in [2.24, 2.45) is 7.05 Å². The minimum atomic E-state index is -0.0818. The van der Waals surface area contributed by atoms with Gasteiger partial charge in [0.2, 0.25) is 0 Å². The van der Waals surface area contributed by atoms with Gasteiger partial charge in [-0.25, -0.2) is 0 Å². The van der Waals surface area contributed by atoms with Crippen molar-refractivity contribution in [1.82, 2.24) is 4.57 Å². The fourth-order valence-electron chi connectivity index (χ4n) is 12.3. The third kappa shape index (κ3) is 7.53. The first-order valence-corrected chi connectivity index (χ1v) is 27.5. The van der Waals surface area contributed by atoms with E-state index in [9.17, 15) is 0 Å². The van der Waals surface area contributed by atoms with Gasteiger partial charge in [0.25, 0.3) is 6.71 Å². The highest BCUT2D eigenvalue weighted by molar-refractivity contribution is 7.26. The van der Waals surface area contributed by atoms with Crippen LogP contribution in [0.3, 0.4) is 0 Å². The van der Waals surface area contributed by atoms with Gasteiger partial charge in [-0.3, -0.25) is 0 Å². The van der Waals surface area contributed by atoms with Crippen molar-refractivity contribution in [2.75, 3.05) is 9.80 Å². The molecular weight excluding hydrogens is 930 g/mol. The van der Waals surface area contributed by atoms with Crippen molar-refractivity contribution in [1.29, 1.82) is 0 Å². The number of ether oxygens (including phenoxy) is 1. The second kappa shape index (κ2) is 16.7. The van der Waals surface area contributed by atoms with Gasteiger partial charge in [-0.1, -0.05) is 171 Å². The summed E-state index contributed by atoms with van der Waals surface area (Å²) in [6, 6.07) is 64.8. The molecule has 0 fully saturated rings. The molecule has 0 aliphatic carbocycles. The topological polar surface area (TPSA) is 20.6 Å². The smallest absolute Gasteiger partial charge is 0.256 e. The quantitative estimate of drug-likeness (QED) is 0.160. The molecule has 9 aromatic carbocycles. The lowest BCUT2D eigenvalue weighted by Gasteiger charge is -2.41. The first-order chi connectivity index (χ1) is 35.8. The Bertz CT molecular complexity index is 4060. The summed E-state index contributed by atoms with van der Waals surface area (Å²) in [5.74, 6) is 1.88. The first kappa shape index (κ1) is 47.2. The van der Waals surface area contributed by atoms with E-state index in [2.05, 4.69) is 267 Å². The van der Waals surface area contributed by atoms with E-state index < -0.39 is 0 Å². The van der Waals surface area contributed by atoms with Gasteiger partial charge in [0.1, 0.15) is 11.5 Å². The van der Waals surface area contributed by atoms with Gasteiger partial charge in [-0.2, -0.15) is 0 Å². The number of rotatable bonds is 5. The standard InChI is InChI=1S/C69H64BN3OS/c1-41-35-42(2)37-43(36-41)44-38-58-64-59(39-44)74-66-52(30-34-61-63(66)51-18-14-16-20-60(51)75-61)70(64)53-40-47(69(9,10)11)25-31-55(53)73(58)56-32-33-57(65-62(56)50-17-13-15-19-54(50)71(65)12)72(48-26-21-45(22-27-48)67(3,4)5)49-28-23-46(24-29-49)68(6,7)8/h13-40H,1-12H3. The highest BCUT2D eigenvalue weighted by Gasteiger charge is 2.44. The molecule has 75 heavy (non-hydrogen) atoms. The van der Waals surface area contributed by atoms with Crippen LogP contribution in [0, 0.1) is 13.8 Å². The van der Waals surface area contributed by atoms with Gasteiger partial charge in [-0.05, 0) is 147 Å². The maximum atomic E-state index is 7.56. The SMILES string of the molecule is Cc1cc(C)cc(-c2cc3c4c(c2)N(c2ccc(N(c5ccc(C(C)(C)C)cc5)c5ccc(C(C)(C)C)cc5)c5c2c2ccccc2n5C)c2ccc(C(C)(C)C)cc2B4c2ccc4sc5ccccc5c4c2O3)c1. The Hall–Kier alpha value is -7.54. The zero-order chi connectivity index (χ0) is 52.0. The number of hydrogen-bond donors (Lipinski definition) is 0. The van der Waals surface area contributed by atoms with E-state index in [4.69, 9.17) is 4.74 Å². The van der Waals surface area contributed by atoms with Crippen LogP contribution in [0.1, 0.15) is 90.1 Å². The predicted molar refractivity (Wildman–Crippen MR) is 325 cm³/mol. The Morgan fingerprint density at radius 3 is 1.73 bits per heavy atom. The van der Waals surface area contributed by atoms with Gasteiger partial charge in [0, 0.05) is 66.3 Å². The van der Waals surface area contributed by atoms with E-state index in [-0.39, 0.29) is 23.0 Å². The van der Waals surface area contributed by atoms with Crippen LogP contribution in [0.4, 0.5) is 34.1 Å². The van der Waals surface area contributed by atoms with E-state index in [1.807, 2.05) is 11.3 Å². The number of aryl methyl sites for hydroxylation is 3. The number of thiophene rings is 1. The predicted octanol–water partition coefficient (Wildman–Crippen LogP) is 17.8. The molecule has 4 nitrogen and oxygen atoms in total. The molecule has 0 unspecified atom stereocenters. The van der Waals surface area contributed by atoms with Gasteiger partial charge in [0.15, 0.2) is 0 Å². The molecule has 0 saturated heterocycles. The summed E-state index contributed by atoms with van der Waals surface area (Å²) in [7, 11) is 2.25. The molecule has 6 heteroatoms. The largest absolute Gasteiger partial charge is 0.458 e. The van der Waals surface area contributed by atoms with Crippen LogP contribution in [-0.4, -0.2) is 11.3 Å². The first-order valence-electron chi connectivity index (χ1n) is 26.7. The summed E-state index contributed by atoms with van der Waals surface area (Å²) < 4.78 is 12.5. The van der Waals surface area contributed by atoms with Crippen LogP contribution < -0.4 is 30.9 Å². The van der Waals surface area contributed by atoms with Crippen molar-refractivity contribution in [2.45, 2.75) is 92.4 Å². The van der Waals surface area contributed by atoms with Crippen LogP contribution in [0.25, 0.3) is 53.1 Å². The lowest BCUT2D eigenvalue weighted by molar-refractivity contribution is 0.494. The molecule has 2 aliphatic rings. The lowest BCUT2D eigenvalue weighted by Crippen LogP contribution is -2.59. The normalized spacial score (nSPS) is 13.4. The molecule has 11 aromatic rings. The number of anilines is 6. The molecule has 0 amide bonds. The summed E-state index contributed by atoms with van der Waals surface area (Å²) in [6.45, 7) is 25.1. The minimum absolute atomic E-state index is 0.0200. The van der Waals surface area contributed by atoms with E-state index in [0.717, 1.165) is 51.0 Å². The minimum Gasteiger partial charge on any atom is -0.458 e. The van der Waals surface area contributed by atoms with Crippen molar-refractivity contribution in [3.05, 3.63) is 198 Å². The van der Waals surface area contributed by atoms with Gasteiger partial charge < -0.3 is 19.1 Å². The molecule has 0 atom stereocenters. The van der Waals surface area contributed by atoms with Crippen molar-refractivity contribution in [3.63, 3.8) is 0 Å². The summed E-state index contributed by atoms with van der Waals surface area (Å²) in [4.78, 5) is 5.07. The molecule has 2 aromatic heterocycles. The van der Waals surface area contributed by atoms with Crippen LogP contribution in [0.5, 0.6) is 11.5 Å². The molecule has 0 N–H and O–H groups in total. The second-order valence-electron chi connectivity index (χ2n) is 24.5. The zero-order valence-corrected chi connectivity index (χ0v) is 46.2. The fourth-order valence-corrected chi connectivity index (χ4v) is 13.4. The Balaban J connectivity index is 1.12. The summed E-state index contributed by atoms with van der Waals surface area (Å²) in [6.07, 6.45) is 0. The molecule has 2 aliphatic heterocycles. The van der Waals surface area contributed by atoms with E-state index >= 15 is 0 Å². The summed E-state index contributed by atoms with van der Waals surface area (Å²) >= 11 is 1.85. The number of fused-ring (bicyclic) bond motifs is 11. The molecule has 4 heterocycles. The number of hydrogen-bond acceptors (Lipinski definition) is 4. The Labute approximate surface area is 446 Å². The Morgan fingerprint density at radius 2 is 1.08 bits per heavy atom. The molecule has 13 rings (SSSR count). The van der Waals surface area contributed by atoms with E-state index in [1.54, 1.807) is 0 Å². The second-order valence-corrected chi connectivity index (χ2v) is 25.5. The van der Waals surface area contributed by atoms with Gasteiger partial charge >= 0.3 is 0 Å². The summed E-state index contributed by atoms with van der Waals surface area (Å²) in [5.41, 5.74) is 21.5.